The average molecular weight is 507 g/mol. The van der Waals surface area contributed by atoms with Gasteiger partial charge < -0.3 is 37.5 Å². The Labute approximate surface area is 207 Å². The zero-order valence-electron chi connectivity index (χ0n) is 19.1. The summed E-state index contributed by atoms with van der Waals surface area (Å²) in [4.78, 5) is 63.6. The van der Waals surface area contributed by atoms with Crippen LogP contribution in [-0.2, 0) is 30.4 Å². The smallest absolute Gasteiger partial charge is 0.326 e. The largest absolute Gasteiger partial charge is 0.480 e. The summed E-state index contributed by atoms with van der Waals surface area (Å²) in [5.41, 5.74) is 12.2. The number of para-hydroxylation sites is 1. The van der Waals surface area contributed by atoms with Gasteiger partial charge in [-0.3, -0.25) is 19.2 Å². The highest BCUT2D eigenvalue weighted by Gasteiger charge is 2.30. The molecule has 0 aliphatic rings. The number of hydrogen-bond acceptors (Lipinski definition) is 7. The number of rotatable bonds is 13. The fourth-order valence-electron chi connectivity index (χ4n) is 3.32. The lowest BCUT2D eigenvalue weighted by molar-refractivity contribution is -0.142. The molecule has 1 aromatic heterocycles. The van der Waals surface area contributed by atoms with Crippen molar-refractivity contribution in [2.75, 3.05) is 5.75 Å². The standard InChI is InChI=1S/C22H30N6O6S/c1-11(23)19(30)26-15(6-7-18(24)29)20(31)28-17(10-35)21(32)27-16(22(33)34)8-12-9-25-14-5-3-2-4-13(12)14/h2-5,9,11,15-17,25,35H,6-8,10,23H2,1H3,(H2,24,29)(H,26,30)(H,27,32)(H,28,31)(H,33,34). The zero-order chi connectivity index (χ0) is 26.1. The third-order valence-corrected chi connectivity index (χ3v) is 5.62. The molecule has 13 heteroatoms. The van der Waals surface area contributed by atoms with Gasteiger partial charge in [-0.1, -0.05) is 18.2 Å². The number of thiol groups is 1. The van der Waals surface area contributed by atoms with Crippen LogP contribution in [-0.4, -0.2) is 69.6 Å². The lowest BCUT2D eigenvalue weighted by Gasteiger charge is -2.24. The molecule has 0 fully saturated rings. The van der Waals surface area contributed by atoms with E-state index in [0.717, 1.165) is 10.9 Å². The number of nitrogens with two attached hydrogens (primary N) is 2. The number of aliphatic carboxylic acids is 1. The highest BCUT2D eigenvalue weighted by atomic mass is 32.1. The van der Waals surface area contributed by atoms with E-state index in [1.165, 1.54) is 6.92 Å². The van der Waals surface area contributed by atoms with Crippen LogP contribution < -0.4 is 27.4 Å². The zero-order valence-corrected chi connectivity index (χ0v) is 20.0. The van der Waals surface area contributed by atoms with Gasteiger partial charge in [0, 0.05) is 35.7 Å². The molecule has 190 valence electrons. The van der Waals surface area contributed by atoms with Gasteiger partial charge in [-0.2, -0.15) is 12.6 Å². The first-order chi connectivity index (χ1) is 16.5. The summed E-state index contributed by atoms with van der Waals surface area (Å²) >= 11 is 4.09. The molecule has 1 heterocycles. The Morgan fingerprint density at radius 2 is 1.60 bits per heavy atom. The molecule has 0 aliphatic carbocycles. The van der Waals surface area contributed by atoms with E-state index in [-0.39, 0.29) is 25.0 Å². The second-order valence-corrected chi connectivity index (χ2v) is 8.43. The normalized spacial score (nSPS) is 14.4. The molecule has 4 unspecified atom stereocenters. The topological polar surface area (TPSA) is 209 Å². The van der Waals surface area contributed by atoms with Crippen LogP contribution in [0, 0.1) is 0 Å². The quantitative estimate of drug-likeness (QED) is 0.155. The van der Waals surface area contributed by atoms with Crippen molar-refractivity contribution in [3.05, 3.63) is 36.0 Å². The number of carboxylic acid groups (broad SMARTS) is 1. The Morgan fingerprint density at radius 3 is 2.20 bits per heavy atom. The van der Waals surface area contributed by atoms with E-state index in [4.69, 9.17) is 11.5 Å². The summed E-state index contributed by atoms with van der Waals surface area (Å²) in [6.07, 6.45) is 1.37. The van der Waals surface area contributed by atoms with Crippen molar-refractivity contribution in [1.82, 2.24) is 20.9 Å². The minimum Gasteiger partial charge on any atom is -0.480 e. The second-order valence-electron chi connectivity index (χ2n) is 8.06. The van der Waals surface area contributed by atoms with Gasteiger partial charge in [0.15, 0.2) is 0 Å². The van der Waals surface area contributed by atoms with Crippen LogP contribution in [0.25, 0.3) is 10.9 Å². The van der Waals surface area contributed by atoms with Gasteiger partial charge in [-0.25, -0.2) is 4.79 Å². The van der Waals surface area contributed by atoms with E-state index in [1.807, 2.05) is 24.3 Å². The Bertz CT molecular complexity index is 1090. The average Bonchev–Trinajstić information content (AvgIpc) is 3.21. The maximum absolute atomic E-state index is 12.8. The van der Waals surface area contributed by atoms with E-state index in [0.29, 0.717) is 5.56 Å². The molecule has 4 atom stereocenters. The van der Waals surface area contributed by atoms with Crippen molar-refractivity contribution in [3.63, 3.8) is 0 Å². The first kappa shape index (κ1) is 27.7. The van der Waals surface area contributed by atoms with Crippen LogP contribution >= 0.6 is 12.6 Å². The van der Waals surface area contributed by atoms with E-state index >= 15 is 0 Å². The molecule has 2 rings (SSSR count). The first-order valence-electron chi connectivity index (χ1n) is 10.9. The monoisotopic (exact) mass is 506 g/mol. The maximum atomic E-state index is 12.8. The van der Waals surface area contributed by atoms with Crippen LogP contribution in [0.1, 0.15) is 25.3 Å². The first-order valence-corrected chi connectivity index (χ1v) is 11.5. The van der Waals surface area contributed by atoms with Gasteiger partial charge in [0.1, 0.15) is 18.1 Å². The van der Waals surface area contributed by atoms with E-state index in [9.17, 15) is 29.1 Å². The lowest BCUT2D eigenvalue weighted by Crippen LogP contribution is -2.57. The minimum absolute atomic E-state index is 0.00398. The number of carbonyl (C=O) groups is 5. The molecule has 4 amide bonds. The molecule has 2 aromatic rings. The van der Waals surface area contributed by atoms with Crippen LogP contribution in [0.5, 0.6) is 0 Å². The van der Waals surface area contributed by atoms with Crippen molar-refractivity contribution in [3.8, 4) is 0 Å². The third kappa shape index (κ3) is 8.00. The highest BCUT2D eigenvalue weighted by Crippen LogP contribution is 2.19. The number of benzene rings is 1. The van der Waals surface area contributed by atoms with Crippen LogP contribution in [0.3, 0.4) is 0 Å². The van der Waals surface area contributed by atoms with Gasteiger partial charge in [0.05, 0.1) is 6.04 Å². The fourth-order valence-corrected chi connectivity index (χ4v) is 3.57. The molecule has 35 heavy (non-hydrogen) atoms. The number of amides is 4. The van der Waals surface area contributed by atoms with Crippen molar-refractivity contribution in [2.45, 2.75) is 50.4 Å². The van der Waals surface area contributed by atoms with Gasteiger partial charge >= 0.3 is 5.97 Å². The third-order valence-electron chi connectivity index (χ3n) is 5.26. The lowest BCUT2D eigenvalue weighted by atomic mass is 10.0. The molecule has 9 N–H and O–H groups in total. The summed E-state index contributed by atoms with van der Waals surface area (Å²) in [6.45, 7) is 1.42. The summed E-state index contributed by atoms with van der Waals surface area (Å²) < 4.78 is 0. The van der Waals surface area contributed by atoms with E-state index in [1.54, 1.807) is 6.20 Å². The number of carboxylic acids is 1. The Morgan fingerprint density at radius 1 is 1.00 bits per heavy atom. The minimum atomic E-state index is -1.27. The molecule has 0 aliphatic heterocycles. The Hall–Kier alpha value is -3.58. The molecule has 0 radical (unpaired) electrons. The predicted octanol–water partition coefficient (Wildman–Crippen LogP) is -1.21. The fraction of sp³-hybridized carbons (Fsp3) is 0.409. The Kier molecular flexibility index (Phi) is 10.1. The molecule has 12 nitrogen and oxygen atoms in total. The number of aromatic amines is 1. The van der Waals surface area contributed by atoms with E-state index < -0.39 is 53.8 Å². The number of primary amides is 1. The van der Waals surface area contributed by atoms with Crippen molar-refractivity contribution in [1.29, 1.82) is 0 Å². The SMILES string of the molecule is CC(N)C(=O)NC(CCC(N)=O)C(=O)NC(CS)C(=O)NC(Cc1c[nH]c2ccccc12)C(=O)O. The van der Waals surface area contributed by atoms with Crippen LogP contribution in [0.4, 0.5) is 0 Å². The summed E-state index contributed by atoms with van der Waals surface area (Å²) in [5, 5.41) is 17.8. The predicted molar refractivity (Wildman–Crippen MR) is 131 cm³/mol. The van der Waals surface area contributed by atoms with Crippen LogP contribution in [0.15, 0.2) is 30.5 Å². The second kappa shape index (κ2) is 12.8. The number of fused-ring (bicyclic) bond motifs is 1. The number of nitrogens with one attached hydrogen (secondary N) is 4. The maximum Gasteiger partial charge on any atom is 0.326 e. The van der Waals surface area contributed by atoms with E-state index in [2.05, 4.69) is 33.6 Å². The molecule has 0 saturated carbocycles. The highest BCUT2D eigenvalue weighted by molar-refractivity contribution is 7.80. The van der Waals surface area contributed by atoms with Crippen molar-refractivity contribution in [2.24, 2.45) is 11.5 Å². The molecule has 0 saturated heterocycles. The summed E-state index contributed by atoms with van der Waals surface area (Å²) in [5.74, 6) is -4.25. The van der Waals surface area contributed by atoms with Gasteiger partial charge in [-0.15, -0.1) is 0 Å². The summed E-state index contributed by atoms with van der Waals surface area (Å²) in [7, 11) is 0. The molecular formula is C22H30N6O6S. The molecular weight excluding hydrogens is 476 g/mol. The van der Waals surface area contributed by atoms with Gasteiger partial charge in [-0.05, 0) is 25.0 Å². The number of aromatic nitrogens is 1. The number of H-pyrrole nitrogens is 1. The summed E-state index contributed by atoms with van der Waals surface area (Å²) in [6, 6.07) is 2.76. The molecule has 0 spiro atoms. The molecule has 0 bridgehead atoms. The Balaban J connectivity index is 2.10. The van der Waals surface area contributed by atoms with Crippen molar-refractivity contribution >= 4 is 53.1 Å². The van der Waals surface area contributed by atoms with Gasteiger partial charge in [0.25, 0.3) is 0 Å². The molecule has 1 aromatic carbocycles. The van der Waals surface area contributed by atoms with Crippen LogP contribution in [0.2, 0.25) is 0 Å². The number of hydrogen-bond donors (Lipinski definition) is 8. The number of carbonyl (C=O) groups excluding carboxylic acids is 4. The van der Waals surface area contributed by atoms with Gasteiger partial charge in [0.2, 0.25) is 23.6 Å². The van der Waals surface area contributed by atoms with Crippen molar-refractivity contribution < 1.29 is 29.1 Å².